The van der Waals surface area contributed by atoms with Crippen LogP contribution in [-0.4, -0.2) is 34.9 Å². The molecule has 0 spiro atoms. The Hall–Kier alpha value is -0.940. The van der Waals surface area contributed by atoms with E-state index in [9.17, 15) is 4.79 Å². The molecule has 15 heavy (non-hydrogen) atoms. The Morgan fingerprint density at radius 1 is 1.60 bits per heavy atom. The number of aromatic nitrogens is 1. The summed E-state index contributed by atoms with van der Waals surface area (Å²) in [6.45, 7) is 3.42. The van der Waals surface area contributed by atoms with E-state index >= 15 is 0 Å². The van der Waals surface area contributed by atoms with E-state index in [0.29, 0.717) is 0 Å². The van der Waals surface area contributed by atoms with Crippen molar-refractivity contribution in [2.75, 3.05) is 13.1 Å². The average molecular weight is 225 g/mol. The maximum atomic E-state index is 12.0. The van der Waals surface area contributed by atoms with Gasteiger partial charge < -0.3 is 10.6 Å². The highest BCUT2D eigenvalue weighted by molar-refractivity contribution is 7.11. The molecule has 1 amide bonds. The van der Waals surface area contributed by atoms with E-state index in [0.717, 1.165) is 36.5 Å². The number of carbonyl (C=O) groups is 1. The number of nitrogens with two attached hydrogens (primary N) is 1. The van der Waals surface area contributed by atoms with Gasteiger partial charge in [0.15, 0.2) is 0 Å². The first kappa shape index (κ1) is 10.6. The molecule has 1 saturated heterocycles. The van der Waals surface area contributed by atoms with E-state index in [1.165, 1.54) is 11.3 Å². The summed E-state index contributed by atoms with van der Waals surface area (Å²) < 4.78 is 0. The van der Waals surface area contributed by atoms with E-state index in [2.05, 4.69) is 4.98 Å². The Morgan fingerprint density at radius 3 is 2.80 bits per heavy atom. The normalized spacial score (nSPS) is 18.1. The van der Waals surface area contributed by atoms with Crippen molar-refractivity contribution in [2.24, 2.45) is 5.73 Å². The van der Waals surface area contributed by atoms with Crippen molar-refractivity contribution in [1.82, 2.24) is 9.88 Å². The van der Waals surface area contributed by atoms with Crippen molar-refractivity contribution in [3.05, 3.63) is 16.1 Å². The summed E-state index contributed by atoms with van der Waals surface area (Å²) in [5.41, 5.74) is 8.35. The number of thiazole rings is 1. The van der Waals surface area contributed by atoms with Crippen LogP contribution >= 0.6 is 11.3 Å². The molecule has 0 unspecified atom stereocenters. The first-order chi connectivity index (χ1) is 7.18. The second-order valence-corrected chi connectivity index (χ2v) is 4.75. The lowest BCUT2D eigenvalue weighted by molar-refractivity contribution is 0.0718. The van der Waals surface area contributed by atoms with E-state index in [1.807, 2.05) is 11.8 Å². The number of hydrogen-bond donors (Lipinski definition) is 1. The molecule has 1 aliphatic heterocycles. The molecule has 4 nitrogen and oxygen atoms in total. The molecule has 82 valence electrons. The molecule has 1 aromatic heterocycles. The fraction of sp³-hybridized carbons (Fsp3) is 0.600. The molecule has 0 saturated carbocycles. The fourth-order valence-electron chi connectivity index (χ4n) is 1.75. The first-order valence-electron chi connectivity index (χ1n) is 5.13. The molecule has 1 fully saturated rings. The van der Waals surface area contributed by atoms with Gasteiger partial charge in [0.25, 0.3) is 5.91 Å². The van der Waals surface area contributed by atoms with Crippen molar-refractivity contribution in [3.8, 4) is 0 Å². The van der Waals surface area contributed by atoms with Crippen molar-refractivity contribution in [1.29, 1.82) is 0 Å². The number of aryl methyl sites for hydroxylation is 1. The minimum Gasteiger partial charge on any atom is -0.338 e. The zero-order valence-corrected chi connectivity index (χ0v) is 9.59. The third kappa shape index (κ3) is 2.18. The lowest BCUT2D eigenvalue weighted by Gasteiger charge is -2.29. The molecule has 2 rings (SSSR count). The predicted octanol–water partition coefficient (Wildman–Crippen LogP) is 1.01. The van der Waals surface area contributed by atoms with Crippen molar-refractivity contribution in [2.45, 2.75) is 25.8 Å². The second kappa shape index (κ2) is 4.28. The topological polar surface area (TPSA) is 59.2 Å². The first-order valence-corrected chi connectivity index (χ1v) is 6.01. The summed E-state index contributed by atoms with van der Waals surface area (Å²) >= 11 is 1.42. The summed E-state index contributed by atoms with van der Waals surface area (Å²) in [7, 11) is 0. The SMILES string of the molecule is Cc1ncsc1C(=O)N1CCC(N)CC1. The van der Waals surface area contributed by atoms with Gasteiger partial charge in [0.2, 0.25) is 0 Å². The van der Waals surface area contributed by atoms with Gasteiger partial charge >= 0.3 is 0 Å². The molecule has 0 aliphatic carbocycles. The van der Waals surface area contributed by atoms with Gasteiger partial charge in [0, 0.05) is 19.1 Å². The Bertz CT molecular complexity index is 355. The van der Waals surface area contributed by atoms with Crippen LogP contribution in [0.25, 0.3) is 0 Å². The van der Waals surface area contributed by atoms with Crippen LogP contribution in [0.1, 0.15) is 28.2 Å². The molecule has 0 radical (unpaired) electrons. The van der Waals surface area contributed by atoms with Crippen LogP contribution in [0.3, 0.4) is 0 Å². The quantitative estimate of drug-likeness (QED) is 0.776. The Morgan fingerprint density at radius 2 is 2.27 bits per heavy atom. The van der Waals surface area contributed by atoms with Crippen LogP contribution in [0.4, 0.5) is 0 Å². The Labute approximate surface area is 93.1 Å². The third-order valence-corrected chi connectivity index (χ3v) is 3.68. The maximum absolute atomic E-state index is 12.0. The van der Waals surface area contributed by atoms with Gasteiger partial charge in [-0.2, -0.15) is 0 Å². The number of amides is 1. The smallest absolute Gasteiger partial charge is 0.265 e. The highest BCUT2D eigenvalue weighted by atomic mass is 32.1. The maximum Gasteiger partial charge on any atom is 0.265 e. The van der Waals surface area contributed by atoms with Crippen molar-refractivity contribution in [3.63, 3.8) is 0 Å². The van der Waals surface area contributed by atoms with Gasteiger partial charge in [-0.1, -0.05) is 0 Å². The standard InChI is InChI=1S/C10H15N3OS/c1-7-9(15-6-12-7)10(14)13-4-2-8(11)3-5-13/h6,8H,2-5,11H2,1H3. The van der Waals surface area contributed by atoms with Gasteiger partial charge in [-0.25, -0.2) is 4.98 Å². The molecule has 0 aromatic carbocycles. The highest BCUT2D eigenvalue weighted by Gasteiger charge is 2.23. The van der Waals surface area contributed by atoms with Crippen LogP contribution in [0.2, 0.25) is 0 Å². The molecule has 2 heterocycles. The van der Waals surface area contributed by atoms with Crippen LogP contribution in [0.5, 0.6) is 0 Å². The van der Waals surface area contributed by atoms with Crippen LogP contribution < -0.4 is 5.73 Å². The summed E-state index contributed by atoms with van der Waals surface area (Å²) in [6.07, 6.45) is 1.81. The number of nitrogens with zero attached hydrogens (tertiary/aromatic N) is 2. The number of carbonyl (C=O) groups excluding carboxylic acids is 1. The van der Waals surface area contributed by atoms with Gasteiger partial charge in [-0.3, -0.25) is 4.79 Å². The molecular formula is C10H15N3OS. The highest BCUT2D eigenvalue weighted by Crippen LogP contribution is 2.18. The minimum absolute atomic E-state index is 0.113. The van der Waals surface area contributed by atoms with Gasteiger partial charge in [-0.15, -0.1) is 11.3 Å². The van der Waals surface area contributed by atoms with Gasteiger partial charge in [-0.05, 0) is 19.8 Å². The lowest BCUT2D eigenvalue weighted by Crippen LogP contribution is -2.42. The van der Waals surface area contributed by atoms with Crippen molar-refractivity contribution >= 4 is 17.2 Å². The predicted molar refractivity (Wildman–Crippen MR) is 60.0 cm³/mol. The number of hydrogen-bond acceptors (Lipinski definition) is 4. The molecule has 1 aliphatic rings. The Kier molecular flexibility index (Phi) is 3.02. The molecule has 1 aromatic rings. The average Bonchev–Trinajstić information content (AvgIpc) is 2.65. The summed E-state index contributed by atoms with van der Waals surface area (Å²) in [4.78, 5) is 18.8. The summed E-state index contributed by atoms with van der Waals surface area (Å²) in [5, 5.41) is 0. The lowest BCUT2D eigenvalue weighted by atomic mass is 10.1. The molecule has 0 atom stereocenters. The van der Waals surface area contributed by atoms with Gasteiger partial charge in [0.1, 0.15) is 4.88 Å². The Balaban J connectivity index is 2.06. The molecule has 2 N–H and O–H groups in total. The number of likely N-dealkylation sites (tertiary alicyclic amines) is 1. The molecule has 5 heteroatoms. The fourth-order valence-corrected chi connectivity index (χ4v) is 2.52. The van der Waals surface area contributed by atoms with Gasteiger partial charge in [0.05, 0.1) is 11.2 Å². The minimum atomic E-state index is 0.113. The van der Waals surface area contributed by atoms with Crippen molar-refractivity contribution < 1.29 is 4.79 Å². The largest absolute Gasteiger partial charge is 0.338 e. The number of piperidine rings is 1. The summed E-state index contributed by atoms with van der Waals surface area (Å²) in [6, 6.07) is 0.261. The van der Waals surface area contributed by atoms with Crippen LogP contribution in [0, 0.1) is 6.92 Å². The second-order valence-electron chi connectivity index (χ2n) is 3.90. The van der Waals surface area contributed by atoms with E-state index < -0.39 is 0 Å². The van der Waals surface area contributed by atoms with E-state index in [4.69, 9.17) is 5.73 Å². The van der Waals surface area contributed by atoms with E-state index in [1.54, 1.807) is 5.51 Å². The van der Waals surface area contributed by atoms with Crippen LogP contribution in [0.15, 0.2) is 5.51 Å². The number of rotatable bonds is 1. The molecule has 0 bridgehead atoms. The third-order valence-electron chi connectivity index (χ3n) is 2.77. The monoisotopic (exact) mass is 225 g/mol. The summed E-state index contributed by atoms with van der Waals surface area (Å²) in [5.74, 6) is 0.113. The van der Waals surface area contributed by atoms with E-state index in [-0.39, 0.29) is 11.9 Å². The zero-order valence-electron chi connectivity index (χ0n) is 8.77. The molecular weight excluding hydrogens is 210 g/mol. The van der Waals surface area contributed by atoms with Crippen LogP contribution in [-0.2, 0) is 0 Å². The zero-order chi connectivity index (χ0) is 10.8.